The summed E-state index contributed by atoms with van der Waals surface area (Å²) in [6, 6.07) is 9.60. The minimum Gasteiger partial charge on any atom is -0.445 e. The van der Waals surface area contributed by atoms with Crippen LogP contribution in [0.4, 0.5) is 4.79 Å². The Bertz CT molecular complexity index is 459. The van der Waals surface area contributed by atoms with Crippen LogP contribution in [0.5, 0.6) is 0 Å². The smallest absolute Gasteiger partial charge is 0.410 e. The predicted octanol–water partition coefficient (Wildman–Crippen LogP) is 2.33. The molecule has 5 nitrogen and oxygen atoms in total. The molecule has 0 unspecified atom stereocenters. The van der Waals surface area contributed by atoms with Crippen molar-refractivity contribution in [1.29, 1.82) is 0 Å². The molecule has 1 saturated heterocycles. The number of likely N-dealkylation sites (tertiary alicyclic amines) is 1. The van der Waals surface area contributed by atoms with Gasteiger partial charge in [-0.15, -0.1) is 12.4 Å². The van der Waals surface area contributed by atoms with Gasteiger partial charge >= 0.3 is 6.09 Å². The van der Waals surface area contributed by atoms with Crippen molar-refractivity contribution >= 4 is 24.4 Å². The number of rotatable bonds is 4. The van der Waals surface area contributed by atoms with Crippen molar-refractivity contribution < 1.29 is 14.3 Å². The molecule has 0 aromatic heterocycles. The van der Waals surface area contributed by atoms with Crippen LogP contribution in [0.3, 0.4) is 0 Å². The molecule has 0 radical (unpaired) electrons. The summed E-state index contributed by atoms with van der Waals surface area (Å²) in [5.74, 6) is 0.0285. The molecule has 1 aromatic rings. The fourth-order valence-electron chi connectivity index (χ4n) is 2.41. The lowest BCUT2D eigenvalue weighted by atomic mass is 9.93. The van der Waals surface area contributed by atoms with Gasteiger partial charge in [-0.05, 0) is 24.3 Å². The molecule has 6 heteroatoms. The molecule has 1 aliphatic heterocycles. The summed E-state index contributed by atoms with van der Waals surface area (Å²) in [6.45, 7) is 1.55. The number of benzene rings is 1. The Morgan fingerprint density at radius 3 is 2.38 bits per heavy atom. The molecule has 2 amide bonds. The first-order valence-corrected chi connectivity index (χ1v) is 6.89. The van der Waals surface area contributed by atoms with E-state index in [2.05, 4.69) is 0 Å². The lowest BCUT2D eigenvalue weighted by Gasteiger charge is -2.30. The molecule has 1 aromatic carbocycles. The van der Waals surface area contributed by atoms with Crippen LogP contribution >= 0.6 is 12.4 Å². The van der Waals surface area contributed by atoms with E-state index in [9.17, 15) is 9.59 Å². The second kappa shape index (κ2) is 8.52. The zero-order valence-corrected chi connectivity index (χ0v) is 12.7. The van der Waals surface area contributed by atoms with Gasteiger partial charge in [0.15, 0.2) is 0 Å². The molecule has 0 saturated carbocycles. The Labute approximate surface area is 130 Å². The third-order valence-electron chi connectivity index (χ3n) is 3.57. The maximum absolute atomic E-state index is 11.9. The number of halogens is 1. The van der Waals surface area contributed by atoms with Gasteiger partial charge in [0.1, 0.15) is 6.61 Å². The number of nitrogens with two attached hydrogens (primary N) is 1. The van der Waals surface area contributed by atoms with Gasteiger partial charge in [-0.2, -0.15) is 0 Å². The summed E-state index contributed by atoms with van der Waals surface area (Å²) in [4.78, 5) is 24.5. The minimum atomic E-state index is -0.286. The highest BCUT2D eigenvalue weighted by molar-refractivity contribution is 5.85. The number of piperidine rings is 1. The van der Waals surface area contributed by atoms with Gasteiger partial charge in [-0.3, -0.25) is 4.79 Å². The Morgan fingerprint density at radius 1 is 1.19 bits per heavy atom. The SMILES string of the molecule is Cl.NC(=O)CC1CCN(C(=O)OCc2ccccc2)CC1. The van der Waals surface area contributed by atoms with Crippen LogP contribution in [0.2, 0.25) is 0 Å². The van der Waals surface area contributed by atoms with Gasteiger partial charge in [0.05, 0.1) is 0 Å². The first kappa shape index (κ1) is 17.3. The fourth-order valence-corrected chi connectivity index (χ4v) is 2.41. The van der Waals surface area contributed by atoms with Crippen molar-refractivity contribution in [3.63, 3.8) is 0 Å². The topological polar surface area (TPSA) is 72.6 Å². The number of hydrogen-bond donors (Lipinski definition) is 1. The molecule has 0 bridgehead atoms. The van der Waals surface area contributed by atoms with Gasteiger partial charge in [-0.25, -0.2) is 4.79 Å². The molecule has 1 fully saturated rings. The normalized spacial score (nSPS) is 15.1. The van der Waals surface area contributed by atoms with E-state index in [1.165, 1.54) is 0 Å². The van der Waals surface area contributed by atoms with Gasteiger partial charge in [0, 0.05) is 19.5 Å². The van der Waals surface area contributed by atoms with E-state index in [1.54, 1.807) is 4.90 Å². The zero-order chi connectivity index (χ0) is 14.4. The van der Waals surface area contributed by atoms with E-state index in [-0.39, 0.29) is 24.4 Å². The van der Waals surface area contributed by atoms with Crippen molar-refractivity contribution in [3.8, 4) is 0 Å². The van der Waals surface area contributed by atoms with Crippen molar-refractivity contribution in [2.24, 2.45) is 11.7 Å². The highest BCUT2D eigenvalue weighted by Crippen LogP contribution is 2.20. The second-order valence-electron chi connectivity index (χ2n) is 5.14. The number of nitrogens with zero attached hydrogens (tertiary/aromatic N) is 1. The number of carbonyl (C=O) groups is 2. The summed E-state index contributed by atoms with van der Waals surface area (Å²) < 4.78 is 5.28. The third kappa shape index (κ3) is 5.63. The largest absolute Gasteiger partial charge is 0.445 e. The monoisotopic (exact) mass is 312 g/mol. The summed E-state index contributed by atoms with van der Waals surface area (Å²) >= 11 is 0. The fraction of sp³-hybridized carbons (Fsp3) is 0.467. The molecule has 1 aliphatic rings. The van der Waals surface area contributed by atoms with Crippen molar-refractivity contribution in [2.45, 2.75) is 25.9 Å². The van der Waals surface area contributed by atoms with Crippen LogP contribution in [-0.4, -0.2) is 30.0 Å². The Balaban J connectivity index is 0.00000220. The molecule has 0 spiro atoms. The van der Waals surface area contributed by atoms with E-state index in [0.29, 0.717) is 32.0 Å². The van der Waals surface area contributed by atoms with Gasteiger partial charge in [0.2, 0.25) is 5.91 Å². The Hall–Kier alpha value is -1.75. The maximum Gasteiger partial charge on any atom is 0.410 e. The van der Waals surface area contributed by atoms with Gasteiger partial charge in [-0.1, -0.05) is 30.3 Å². The molecule has 0 aliphatic carbocycles. The summed E-state index contributed by atoms with van der Waals surface area (Å²) in [5.41, 5.74) is 6.16. The Morgan fingerprint density at radius 2 is 1.81 bits per heavy atom. The van der Waals surface area contributed by atoms with Crippen molar-refractivity contribution in [3.05, 3.63) is 35.9 Å². The highest BCUT2D eigenvalue weighted by atomic mass is 35.5. The first-order valence-electron chi connectivity index (χ1n) is 6.89. The van der Waals surface area contributed by atoms with Crippen molar-refractivity contribution in [1.82, 2.24) is 4.90 Å². The van der Waals surface area contributed by atoms with Gasteiger partial charge < -0.3 is 15.4 Å². The molecule has 2 rings (SSSR count). The Kier molecular flexibility index (Phi) is 7.02. The second-order valence-corrected chi connectivity index (χ2v) is 5.14. The van der Waals surface area contributed by atoms with Crippen LogP contribution in [-0.2, 0) is 16.1 Å². The molecular weight excluding hydrogens is 292 g/mol. The predicted molar refractivity (Wildman–Crippen MR) is 82.0 cm³/mol. The first-order chi connectivity index (χ1) is 9.65. The average Bonchev–Trinajstić information content (AvgIpc) is 2.46. The van der Waals surface area contributed by atoms with E-state index in [1.807, 2.05) is 30.3 Å². The molecule has 116 valence electrons. The maximum atomic E-state index is 11.9. The lowest BCUT2D eigenvalue weighted by Crippen LogP contribution is -2.39. The van der Waals surface area contributed by atoms with Crippen LogP contribution in [0.1, 0.15) is 24.8 Å². The van der Waals surface area contributed by atoms with Crippen LogP contribution < -0.4 is 5.73 Å². The van der Waals surface area contributed by atoms with E-state index >= 15 is 0 Å². The van der Waals surface area contributed by atoms with E-state index in [0.717, 1.165) is 18.4 Å². The summed E-state index contributed by atoms with van der Waals surface area (Å²) in [7, 11) is 0. The van der Waals surface area contributed by atoms with Crippen LogP contribution in [0, 0.1) is 5.92 Å². The molecule has 2 N–H and O–H groups in total. The van der Waals surface area contributed by atoms with Crippen molar-refractivity contribution in [2.75, 3.05) is 13.1 Å². The number of hydrogen-bond acceptors (Lipinski definition) is 3. The number of ether oxygens (including phenoxy) is 1. The van der Waals surface area contributed by atoms with Crippen LogP contribution in [0.15, 0.2) is 30.3 Å². The number of amides is 2. The molecular formula is C15H21ClN2O3. The minimum absolute atomic E-state index is 0. The number of primary amides is 1. The van der Waals surface area contributed by atoms with Crippen LogP contribution in [0.25, 0.3) is 0 Å². The highest BCUT2D eigenvalue weighted by Gasteiger charge is 2.24. The zero-order valence-electron chi connectivity index (χ0n) is 11.9. The molecule has 1 heterocycles. The molecule has 0 atom stereocenters. The summed E-state index contributed by atoms with van der Waals surface area (Å²) in [5, 5.41) is 0. The van der Waals surface area contributed by atoms with E-state index < -0.39 is 0 Å². The van der Waals surface area contributed by atoms with Gasteiger partial charge in [0.25, 0.3) is 0 Å². The van der Waals surface area contributed by atoms with E-state index in [4.69, 9.17) is 10.5 Å². The average molecular weight is 313 g/mol. The summed E-state index contributed by atoms with van der Waals surface area (Å²) in [6.07, 6.45) is 1.74. The quantitative estimate of drug-likeness (QED) is 0.927. The molecule has 21 heavy (non-hydrogen) atoms. The lowest BCUT2D eigenvalue weighted by molar-refractivity contribution is -0.119. The number of carbonyl (C=O) groups excluding carboxylic acids is 2. The standard InChI is InChI=1S/C15H20N2O3.ClH/c16-14(18)10-12-6-8-17(9-7-12)15(19)20-11-13-4-2-1-3-5-13;/h1-5,12H,6-11H2,(H2,16,18);1H. The third-order valence-corrected chi connectivity index (χ3v) is 3.57.